The van der Waals surface area contributed by atoms with Crippen LogP contribution in [0, 0.1) is 17.8 Å². The van der Waals surface area contributed by atoms with Gasteiger partial charge in [-0.3, -0.25) is 0 Å². The molecule has 0 aliphatic heterocycles. The van der Waals surface area contributed by atoms with Crippen molar-refractivity contribution in [3.63, 3.8) is 0 Å². The van der Waals surface area contributed by atoms with Crippen molar-refractivity contribution in [1.29, 1.82) is 0 Å². The molecule has 1 aromatic carbocycles. The molecule has 0 spiro atoms. The maximum absolute atomic E-state index is 11.6. The first-order valence-electron chi connectivity index (χ1n) is 14.2. The molecule has 4 nitrogen and oxygen atoms in total. The largest absolute Gasteiger partial charge is 0.390 e. The number of allylic oxidation sites excluding steroid dienone is 4. The normalized spacial score (nSPS) is 31.5. The molecular formula is C32H38N2O2S2. The summed E-state index contributed by atoms with van der Waals surface area (Å²) in [6.45, 7) is 4.21. The smallest absolute Gasteiger partial charge is 0.136 e. The van der Waals surface area contributed by atoms with E-state index in [-0.39, 0.29) is 0 Å². The molecule has 0 radical (unpaired) electrons. The zero-order chi connectivity index (χ0) is 26.3. The highest BCUT2D eigenvalue weighted by Crippen LogP contribution is 2.47. The first kappa shape index (κ1) is 26.1. The standard InChI is InChI=1S/C32H38N2O2S2/c1-3-21-8-7-16-32(36,17-15-21)30-33-20-26(37-30)29-34-27(28(38-29)24-9-5-4-6-10-24)23-13-11-22(12-14-23)25-18-31(2,35)19-25/h4-6,9-11,13-14,20-22,25,35-36H,3,7-8,12,15-19H2,1-2H3. The van der Waals surface area contributed by atoms with Crippen molar-refractivity contribution in [1.82, 2.24) is 9.97 Å². The molecule has 2 aromatic heterocycles. The molecule has 6 rings (SSSR count). The fourth-order valence-electron chi connectivity index (χ4n) is 6.55. The van der Waals surface area contributed by atoms with Gasteiger partial charge in [0.1, 0.15) is 15.6 Å². The Labute approximate surface area is 234 Å². The van der Waals surface area contributed by atoms with Gasteiger partial charge >= 0.3 is 0 Å². The predicted octanol–water partition coefficient (Wildman–Crippen LogP) is 8.23. The van der Waals surface area contributed by atoms with Crippen molar-refractivity contribution in [2.24, 2.45) is 17.8 Å². The number of hydrogen-bond acceptors (Lipinski definition) is 6. The molecule has 3 atom stereocenters. The highest BCUT2D eigenvalue weighted by molar-refractivity contribution is 7.23. The molecule has 200 valence electrons. The fourth-order valence-corrected chi connectivity index (χ4v) is 8.74. The van der Waals surface area contributed by atoms with Gasteiger partial charge in [0, 0.05) is 6.20 Å². The second-order valence-electron chi connectivity index (χ2n) is 11.9. The maximum atomic E-state index is 11.6. The Bertz CT molecular complexity index is 1330. The number of hydrogen-bond donors (Lipinski definition) is 2. The summed E-state index contributed by atoms with van der Waals surface area (Å²) in [5.41, 5.74) is 2.08. The SMILES string of the molecule is CCC1CCCC(O)(c2ncc(-c3nc(C4=CCC(C5CC(C)(O)C5)C=C4)c(-c4ccccc4)s3)s2)CC1. The number of benzene rings is 1. The number of thiazole rings is 2. The van der Waals surface area contributed by atoms with Gasteiger partial charge < -0.3 is 10.2 Å². The van der Waals surface area contributed by atoms with Crippen LogP contribution in [0.25, 0.3) is 25.9 Å². The predicted molar refractivity (Wildman–Crippen MR) is 158 cm³/mol. The Balaban J connectivity index is 1.28. The Morgan fingerprint density at radius 2 is 1.87 bits per heavy atom. The van der Waals surface area contributed by atoms with E-state index in [0.717, 1.165) is 65.5 Å². The van der Waals surface area contributed by atoms with Gasteiger partial charge in [0.05, 0.1) is 21.0 Å². The summed E-state index contributed by atoms with van der Waals surface area (Å²) in [5, 5.41) is 23.6. The Morgan fingerprint density at radius 3 is 2.58 bits per heavy atom. The Kier molecular flexibility index (Phi) is 7.19. The summed E-state index contributed by atoms with van der Waals surface area (Å²) in [6.07, 6.45) is 17.7. The van der Waals surface area contributed by atoms with Gasteiger partial charge in [0.2, 0.25) is 0 Å². The molecule has 2 saturated carbocycles. The third kappa shape index (κ3) is 5.21. The van der Waals surface area contributed by atoms with Gasteiger partial charge in [0.25, 0.3) is 0 Å². The van der Waals surface area contributed by atoms with Crippen LogP contribution >= 0.6 is 22.7 Å². The molecular weight excluding hydrogens is 508 g/mol. The summed E-state index contributed by atoms with van der Waals surface area (Å²) in [7, 11) is 0. The summed E-state index contributed by atoms with van der Waals surface area (Å²) < 4.78 is 0. The van der Waals surface area contributed by atoms with E-state index in [4.69, 9.17) is 9.97 Å². The first-order chi connectivity index (χ1) is 18.3. The third-order valence-corrected chi connectivity index (χ3v) is 11.4. The lowest BCUT2D eigenvalue weighted by atomic mass is 9.65. The van der Waals surface area contributed by atoms with Gasteiger partial charge in [-0.25, -0.2) is 9.97 Å². The van der Waals surface area contributed by atoms with Crippen LogP contribution in [-0.2, 0) is 5.60 Å². The third-order valence-electron chi connectivity index (χ3n) is 8.94. The van der Waals surface area contributed by atoms with Gasteiger partial charge in [-0.15, -0.1) is 22.7 Å². The van der Waals surface area contributed by atoms with Crippen LogP contribution in [-0.4, -0.2) is 25.8 Å². The lowest BCUT2D eigenvalue weighted by Gasteiger charge is -2.44. The zero-order valence-electron chi connectivity index (χ0n) is 22.4. The van der Waals surface area contributed by atoms with E-state index in [1.54, 1.807) is 22.7 Å². The second-order valence-corrected chi connectivity index (χ2v) is 13.9. The average molecular weight is 547 g/mol. The fraction of sp³-hybridized carbons (Fsp3) is 0.500. The summed E-state index contributed by atoms with van der Waals surface area (Å²) in [4.78, 5) is 12.1. The van der Waals surface area contributed by atoms with E-state index in [1.165, 1.54) is 28.9 Å². The van der Waals surface area contributed by atoms with Gasteiger partial charge in [-0.05, 0) is 80.8 Å². The summed E-state index contributed by atoms with van der Waals surface area (Å²) in [5.74, 6) is 1.78. The summed E-state index contributed by atoms with van der Waals surface area (Å²) in [6, 6.07) is 10.5. The molecule has 3 aromatic rings. The van der Waals surface area contributed by atoms with E-state index in [0.29, 0.717) is 17.8 Å². The monoisotopic (exact) mass is 546 g/mol. The van der Waals surface area contributed by atoms with E-state index in [2.05, 4.69) is 55.5 Å². The minimum absolute atomic E-state index is 0.484. The molecule has 3 aliphatic carbocycles. The topological polar surface area (TPSA) is 66.2 Å². The Hall–Kier alpha value is -2.12. The molecule has 2 fully saturated rings. The van der Waals surface area contributed by atoms with Gasteiger partial charge in [0.15, 0.2) is 0 Å². The molecule has 6 heteroatoms. The zero-order valence-corrected chi connectivity index (χ0v) is 24.0. The van der Waals surface area contributed by atoms with Crippen LogP contribution in [0.15, 0.2) is 54.8 Å². The summed E-state index contributed by atoms with van der Waals surface area (Å²) >= 11 is 3.33. The molecule has 2 N–H and O–H groups in total. The van der Waals surface area contributed by atoms with Crippen molar-refractivity contribution >= 4 is 28.2 Å². The van der Waals surface area contributed by atoms with Crippen molar-refractivity contribution in [2.75, 3.05) is 0 Å². The van der Waals surface area contributed by atoms with E-state index >= 15 is 0 Å². The molecule has 3 unspecified atom stereocenters. The van der Waals surface area contributed by atoms with E-state index in [9.17, 15) is 10.2 Å². The van der Waals surface area contributed by atoms with Crippen LogP contribution in [0.4, 0.5) is 0 Å². The lowest BCUT2D eigenvalue weighted by molar-refractivity contribution is -0.0696. The molecule has 0 saturated heterocycles. The number of nitrogens with zero attached hydrogens (tertiary/aromatic N) is 2. The molecule has 2 heterocycles. The van der Waals surface area contributed by atoms with Gasteiger partial charge in [-0.1, -0.05) is 68.3 Å². The lowest BCUT2D eigenvalue weighted by Crippen LogP contribution is -2.43. The highest BCUT2D eigenvalue weighted by atomic mass is 32.1. The van der Waals surface area contributed by atoms with E-state index < -0.39 is 11.2 Å². The van der Waals surface area contributed by atoms with Crippen LogP contribution in [0.3, 0.4) is 0 Å². The van der Waals surface area contributed by atoms with Crippen molar-refractivity contribution in [2.45, 2.75) is 82.8 Å². The quantitative estimate of drug-likeness (QED) is 0.306. The van der Waals surface area contributed by atoms with Crippen LogP contribution in [0.1, 0.15) is 82.3 Å². The molecule has 3 aliphatic rings. The number of aromatic nitrogens is 2. The first-order valence-corrected chi connectivity index (χ1v) is 15.8. The Morgan fingerprint density at radius 1 is 1.05 bits per heavy atom. The molecule has 0 bridgehead atoms. The maximum Gasteiger partial charge on any atom is 0.136 e. The number of aliphatic hydroxyl groups is 2. The minimum Gasteiger partial charge on any atom is -0.390 e. The molecule has 38 heavy (non-hydrogen) atoms. The van der Waals surface area contributed by atoms with Crippen molar-refractivity contribution < 1.29 is 10.2 Å². The minimum atomic E-state index is -0.814. The number of rotatable bonds is 6. The average Bonchev–Trinajstić information content (AvgIpc) is 3.54. The molecule has 0 amide bonds. The van der Waals surface area contributed by atoms with Crippen LogP contribution in [0.5, 0.6) is 0 Å². The van der Waals surface area contributed by atoms with Crippen LogP contribution in [0.2, 0.25) is 0 Å². The van der Waals surface area contributed by atoms with E-state index in [1.807, 2.05) is 13.1 Å². The van der Waals surface area contributed by atoms with Crippen LogP contribution < -0.4 is 0 Å². The van der Waals surface area contributed by atoms with Gasteiger partial charge in [-0.2, -0.15) is 0 Å². The van der Waals surface area contributed by atoms with Crippen molar-refractivity contribution in [3.05, 3.63) is 65.5 Å². The second kappa shape index (κ2) is 10.5. The van der Waals surface area contributed by atoms with Crippen molar-refractivity contribution in [3.8, 4) is 20.3 Å². The highest BCUT2D eigenvalue weighted by Gasteiger charge is 2.41.